The Morgan fingerprint density at radius 1 is 1.39 bits per heavy atom. The van der Waals surface area contributed by atoms with Crippen LogP contribution in [0.4, 0.5) is 0 Å². The number of hydrogen-bond acceptors (Lipinski definition) is 4. The molecule has 98 valence electrons. The predicted octanol–water partition coefficient (Wildman–Crippen LogP) is -0.190. The van der Waals surface area contributed by atoms with Crippen molar-refractivity contribution >= 4 is 0 Å². The summed E-state index contributed by atoms with van der Waals surface area (Å²) < 4.78 is 3.59. The molecule has 2 aromatic heterocycles. The molecular formula is C12H19N5O. The van der Waals surface area contributed by atoms with E-state index in [1.807, 2.05) is 30.1 Å². The molecule has 2 rings (SSSR count). The van der Waals surface area contributed by atoms with Crippen LogP contribution in [0.15, 0.2) is 30.7 Å². The molecule has 18 heavy (non-hydrogen) atoms. The van der Waals surface area contributed by atoms with Crippen molar-refractivity contribution < 1.29 is 5.11 Å². The van der Waals surface area contributed by atoms with Crippen molar-refractivity contribution in [2.24, 2.45) is 7.05 Å². The van der Waals surface area contributed by atoms with Gasteiger partial charge < -0.3 is 10.4 Å². The number of hydrogen-bond donors (Lipinski definition) is 2. The zero-order chi connectivity index (χ0) is 12.8. The Morgan fingerprint density at radius 2 is 2.28 bits per heavy atom. The molecule has 0 aliphatic rings. The zero-order valence-electron chi connectivity index (χ0n) is 10.5. The lowest BCUT2D eigenvalue weighted by Gasteiger charge is -2.11. The molecule has 0 bridgehead atoms. The largest absolute Gasteiger partial charge is 0.390 e. The molecule has 0 aliphatic carbocycles. The van der Waals surface area contributed by atoms with Crippen LogP contribution in [0.5, 0.6) is 0 Å². The Hall–Kier alpha value is -1.66. The number of aliphatic hydroxyl groups excluding tert-OH is 1. The lowest BCUT2D eigenvalue weighted by atomic mass is 10.3. The smallest absolute Gasteiger partial charge is 0.0860 e. The van der Waals surface area contributed by atoms with Crippen LogP contribution in [-0.4, -0.2) is 43.9 Å². The number of aliphatic hydroxyl groups is 1. The molecule has 0 saturated carbocycles. The Morgan fingerprint density at radius 3 is 2.94 bits per heavy atom. The molecule has 2 N–H and O–H groups in total. The van der Waals surface area contributed by atoms with Crippen LogP contribution in [0.3, 0.4) is 0 Å². The van der Waals surface area contributed by atoms with Crippen LogP contribution < -0.4 is 5.32 Å². The fourth-order valence-electron chi connectivity index (χ4n) is 1.82. The molecule has 6 heteroatoms. The Labute approximate surface area is 106 Å². The minimum absolute atomic E-state index is 0.420. The van der Waals surface area contributed by atoms with Crippen molar-refractivity contribution in [2.75, 3.05) is 13.1 Å². The summed E-state index contributed by atoms with van der Waals surface area (Å²) in [6.45, 7) is 1.92. The van der Waals surface area contributed by atoms with E-state index in [1.165, 1.54) is 5.69 Å². The maximum atomic E-state index is 9.79. The molecule has 2 aromatic rings. The summed E-state index contributed by atoms with van der Waals surface area (Å²) in [6.07, 6.45) is 5.84. The van der Waals surface area contributed by atoms with Crippen molar-refractivity contribution in [3.05, 3.63) is 36.4 Å². The average Bonchev–Trinajstić information content (AvgIpc) is 2.97. The molecule has 6 nitrogen and oxygen atoms in total. The summed E-state index contributed by atoms with van der Waals surface area (Å²) in [5.74, 6) is 0. The van der Waals surface area contributed by atoms with E-state index in [0.29, 0.717) is 13.1 Å². The summed E-state index contributed by atoms with van der Waals surface area (Å²) in [5.41, 5.74) is 1.18. The highest BCUT2D eigenvalue weighted by molar-refractivity contribution is 5.00. The van der Waals surface area contributed by atoms with Gasteiger partial charge in [0.2, 0.25) is 0 Å². The predicted molar refractivity (Wildman–Crippen MR) is 68.0 cm³/mol. The molecule has 0 spiro atoms. The van der Waals surface area contributed by atoms with Gasteiger partial charge in [-0.05, 0) is 12.1 Å². The van der Waals surface area contributed by atoms with Crippen LogP contribution in [0.25, 0.3) is 0 Å². The summed E-state index contributed by atoms with van der Waals surface area (Å²) in [4.78, 5) is 0. The third-order valence-electron chi connectivity index (χ3n) is 2.82. The van der Waals surface area contributed by atoms with Gasteiger partial charge in [-0.1, -0.05) is 0 Å². The van der Waals surface area contributed by atoms with Gasteiger partial charge in [0.15, 0.2) is 0 Å². The van der Waals surface area contributed by atoms with Gasteiger partial charge in [-0.25, -0.2) is 0 Å². The zero-order valence-corrected chi connectivity index (χ0v) is 10.5. The number of nitrogens with one attached hydrogen (secondary N) is 1. The normalized spacial score (nSPS) is 12.8. The highest BCUT2D eigenvalue weighted by atomic mass is 16.3. The van der Waals surface area contributed by atoms with Crippen LogP contribution in [0.2, 0.25) is 0 Å². The maximum Gasteiger partial charge on any atom is 0.0860 e. The molecular weight excluding hydrogens is 230 g/mol. The first-order valence-corrected chi connectivity index (χ1v) is 6.09. The summed E-state index contributed by atoms with van der Waals surface area (Å²) >= 11 is 0. The van der Waals surface area contributed by atoms with Gasteiger partial charge in [0.1, 0.15) is 0 Å². The van der Waals surface area contributed by atoms with Gasteiger partial charge in [0.05, 0.1) is 12.6 Å². The monoisotopic (exact) mass is 249 g/mol. The van der Waals surface area contributed by atoms with Crippen LogP contribution >= 0.6 is 0 Å². The van der Waals surface area contributed by atoms with Crippen LogP contribution in [0.1, 0.15) is 5.69 Å². The average molecular weight is 249 g/mol. The second-order valence-corrected chi connectivity index (χ2v) is 4.28. The lowest BCUT2D eigenvalue weighted by Crippen LogP contribution is -2.31. The van der Waals surface area contributed by atoms with Crippen molar-refractivity contribution in [1.82, 2.24) is 24.9 Å². The molecule has 0 radical (unpaired) electrons. The van der Waals surface area contributed by atoms with E-state index < -0.39 is 6.10 Å². The van der Waals surface area contributed by atoms with E-state index in [4.69, 9.17) is 0 Å². The van der Waals surface area contributed by atoms with Crippen molar-refractivity contribution in [3.63, 3.8) is 0 Å². The standard InChI is InChI=1S/C12H19N5O/c1-16-11(4-7-14-16)3-6-13-9-12(18)10-17-8-2-5-15-17/h2,4-5,7-8,12-13,18H,3,6,9-10H2,1H3. The van der Waals surface area contributed by atoms with Gasteiger partial charge in [-0.2, -0.15) is 10.2 Å². The second kappa shape index (κ2) is 6.32. The SMILES string of the molecule is Cn1nccc1CCNCC(O)Cn1cccn1. The third kappa shape index (κ3) is 3.68. The van der Waals surface area contributed by atoms with Crippen molar-refractivity contribution in [3.8, 4) is 0 Å². The van der Waals surface area contributed by atoms with Gasteiger partial charge in [0.25, 0.3) is 0 Å². The fourth-order valence-corrected chi connectivity index (χ4v) is 1.82. The Bertz CT molecular complexity index is 451. The fraction of sp³-hybridized carbons (Fsp3) is 0.500. The molecule has 0 saturated heterocycles. The highest BCUT2D eigenvalue weighted by Gasteiger charge is 2.05. The highest BCUT2D eigenvalue weighted by Crippen LogP contribution is 1.96. The van der Waals surface area contributed by atoms with Crippen molar-refractivity contribution in [2.45, 2.75) is 19.1 Å². The summed E-state index contributed by atoms with van der Waals surface area (Å²) in [6, 6.07) is 3.85. The minimum Gasteiger partial charge on any atom is -0.390 e. The lowest BCUT2D eigenvalue weighted by molar-refractivity contribution is 0.147. The van der Waals surface area contributed by atoms with E-state index >= 15 is 0 Å². The Kier molecular flexibility index (Phi) is 4.49. The molecule has 1 unspecified atom stereocenters. The van der Waals surface area contributed by atoms with Crippen LogP contribution in [-0.2, 0) is 20.0 Å². The molecule has 0 amide bonds. The van der Waals surface area contributed by atoms with Crippen molar-refractivity contribution in [1.29, 1.82) is 0 Å². The van der Waals surface area contributed by atoms with E-state index in [-0.39, 0.29) is 0 Å². The second-order valence-electron chi connectivity index (χ2n) is 4.28. The van der Waals surface area contributed by atoms with Gasteiger partial charge >= 0.3 is 0 Å². The molecule has 0 fully saturated rings. The number of aryl methyl sites for hydroxylation is 1. The quantitative estimate of drug-likeness (QED) is 0.667. The van der Waals surface area contributed by atoms with Crippen LogP contribution in [0, 0.1) is 0 Å². The Balaban J connectivity index is 1.62. The first-order chi connectivity index (χ1) is 8.75. The maximum absolute atomic E-state index is 9.79. The first kappa shape index (κ1) is 12.8. The topological polar surface area (TPSA) is 67.9 Å². The third-order valence-corrected chi connectivity index (χ3v) is 2.82. The number of aromatic nitrogens is 4. The molecule has 0 aromatic carbocycles. The van der Waals surface area contributed by atoms with E-state index in [9.17, 15) is 5.11 Å². The number of rotatable bonds is 7. The summed E-state index contributed by atoms with van der Waals surface area (Å²) in [5, 5.41) is 21.2. The molecule has 2 heterocycles. The number of nitrogens with zero attached hydrogens (tertiary/aromatic N) is 4. The summed E-state index contributed by atoms with van der Waals surface area (Å²) in [7, 11) is 1.93. The minimum atomic E-state index is -0.420. The van der Waals surface area contributed by atoms with Gasteiger partial charge in [-0.3, -0.25) is 9.36 Å². The van der Waals surface area contributed by atoms with E-state index in [2.05, 4.69) is 15.5 Å². The van der Waals surface area contributed by atoms with E-state index in [1.54, 1.807) is 17.1 Å². The van der Waals surface area contributed by atoms with Gasteiger partial charge in [0, 0.05) is 50.8 Å². The molecule has 0 aliphatic heterocycles. The van der Waals surface area contributed by atoms with Gasteiger partial charge in [-0.15, -0.1) is 0 Å². The molecule has 1 atom stereocenters. The first-order valence-electron chi connectivity index (χ1n) is 6.09. The van der Waals surface area contributed by atoms with E-state index in [0.717, 1.165) is 13.0 Å².